The molecule has 0 N–H and O–H groups in total. The maximum atomic E-state index is 3.79. The summed E-state index contributed by atoms with van der Waals surface area (Å²) < 4.78 is 0. The van der Waals surface area contributed by atoms with Gasteiger partial charge >= 0.3 is 0 Å². The molecule has 0 aliphatic heterocycles. The molecule has 0 spiro atoms. The van der Waals surface area contributed by atoms with Gasteiger partial charge in [0.25, 0.3) is 0 Å². The van der Waals surface area contributed by atoms with E-state index in [1.54, 1.807) is 0 Å². The molecule has 0 nitrogen and oxygen atoms in total. The van der Waals surface area contributed by atoms with Crippen LogP contribution in [0.2, 0.25) is 0 Å². The number of rotatable bonds is 6. The normalized spacial score (nSPS) is 10.4. The van der Waals surface area contributed by atoms with E-state index in [4.69, 9.17) is 0 Å². The van der Waals surface area contributed by atoms with Gasteiger partial charge in [0.05, 0.1) is 0 Å². The summed E-state index contributed by atoms with van der Waals surface area (Å²) in [6.07, 6.45) is 3.89. The third-order valence-electron chi connectivity index (χ3n) is 2.54. The summed E-state index contributed by atoms with van der Waals surface area (Å²) >= 11 is 3.68. The summed E-state index contributed by atoms with van der Waals surface area (Å²) in [7, 11) is 0. The van der Waals surface area contributed by atoms with Gasteiger partial charge in [0.2, 0.25) is 0 Å². The van der Waals surface area contributed by atoms with Gasteiger partial charge in [-0.2, -0.15) is 0 Å². The first kappa shape index (κ1) is 13.3. The predicted molar refractivity (Wildman–Crippen MR) is 85.8 cm³/mol. The fourth-order valence-electron chi connectivity index (χ4n) is 1.81. The third kappa shape index (κ3) is 3.01. The summed E-state index contributed by atoms with van der Waals surface area (Å²) in [6.45, 7) is 7.58. The first-order valence-corrected chi connectivity index (χ1v) is 7.83. The summed E-state index contributed by atoms with van der Waals surface area (Å²) in [5.74, 6) is 1.89. The van der Waals surface area contributed by atoms with E-state index in [1.807, 2.05) is 35.7 Å². The Hall–Kier alpha value is -1.12. The van der Waals surface area contributed by atoms with Crippen LogP contribution in [0.4, 0.5) is 0 Å². The maximum Gasteiger partial charge on any atom is 0.0165 e. The summed E-state index contributed by atoms with van der Waals surface area (Å²) in [4.78, 5) is 2.67. The molecule has 2 rings (SSSR count). The van der Waals surface area contributed by atoms with Crippen molar-refractivity contribution in [2.45, 2.75) is 9.79 Å². The van der Waals surface area contributed by atoms with E-state index < -0.39 is 0 Å². The van der Waals surface area contributed by atoms with Gasteiger partial charge in [-0.05, 0) is 17.5 Å². The monoisotopic (exact) mass is 272 g/mol. The molecule has 0 aliphatic rings. The summed E-state index contributed by atoms with van der Waals surface area (Å²) in [5.41, 5.74) is 0. The minimum absolute atomic E-state index is 0.944. The molecule has 0 aliphatic carbocycles. The molecular weight excluding hydrogens is 256 g/mol. The van der Waals surface area contributed by atoms with E-state index in [9.17, 15) is 0 Å². The highest BCUT2D eigenvalue weighted by molar-refractivity contribution is 8.00. The van der Waals surface area contributed by atoms with Crippen molar-refractivity contribution >= 4 is 34.3 Å². The van der Waals surface area contributed by atoms with Crippen LogP contribution < -0.4 is 0 Å². The van der Waals surface area contributed by atoms with Crippen molar-refractivity contribution in [2.75, 3.05) is 11.5 Å². The molecule has 0 unspecified atom stereocenters. The molecule has 0 saturated heterocycles. The largest absolute Gasteiger partial charge is 0.121 e. The van der Waals surface area contributed by atoms with Crippen molar-refractivity contribution in [3.8, 4) is 0 Å². The topological polar surface area (TPSA) is 0 Å². The molecule has 0 heterocycles. The minimum atomic E-state index is 0.944. The zero-order chi connectivity index (χ0) is 12.8. The van der Waals surface area contributed by atoms with Crippen LogP contribution in [0.5, 0.6) is 0 Å². The van der Waals surface area contributed by atoms with Gasteiger partial charge in [0, 0.05) is 26.7 Å². The van der Waals surface area contributed by atoms with Crippen LogP contribution in [-0.2, 0) is 0 Å². The van der Waals surface area contributed by atoms with Crippen molar-refractivity contribution in [1.82, 2.24) is 0 Å². The van der Waals surface area contributed by atoms with Gasteiger partial charge in [-0.1, -0.05) is 36.4 Å². The summed E-state index contributed by atoms with van der Waals surface area (Å²) in [6, 6.07) is 13.0. The first-order valence-electron chi connectivity index (χ1n) is 5.86. The van der Waals surface area contributed by atoms with E-state index in [0.29, 0.717) is 0 Å². The molecular formula is C16H16S2. The quantitative estimate of drug-likeness (QED) is 0.510. The van der Waals surface area contributed by atoms with Crippen LogP contribution in [0.15, 0.2) is 71.5 Å². The van der Waals surface area contributed by atoms with Crippen molar-refractivity contribution in [2.24, 2.45) is 0 Å². The van der Waals surface area contributed by atoms with E-state index >= 15 is 0 Å². The van der Waals surface area contributed by atoms with E-state index in [2.05, 4.69) is 49.6 Å². The first-order chi connectivity index (χ1) is 8.86. The fraction of sp³-hybridized carbons (Fsp3) is 0.125. The number of hydrogen-bond acceptors (Lipinski definition) is 2. The molecule has 0 bridgehead atoms. The number of hydrogen-bond donors (Lipinski definition) is 0. The minimum Gasteiger partial charge on any atom is -0.121 e. The van der Waals surface area contributed by atoms with Gasteiger partial charge in [0.15, 0.2) is 0 Å². The van der Waals surface area contributed by atoms with Crippen LogP contribution in [0.25, 0.3) is 10.8 Å². The Labute approximate surface area is 117 Å². The second-order valence-electron chi connectivity index (χ2n) is 3.81. The fourth-order valence-corrected chi connectivity index (χ4v) is 3.56. The Balaban J connectivity index is 2.48. The lowest BCUT2D eigenvalue weighted by Gasteiger charge is -2.09. The second-order valence-corrected chi connectivity index (χ2v) is 5.93. The Kier molecular flexibility index (Phi) is 4.97. The maximum absolute atomic E-state index is 3.79. The molecule has 18 heavy (non-hydrogen) atoms. The molecule has 0 aromatic heterocycles. The molecule has 0 saturated carbocycles. The lowest BCUT2D eigenvalue weighted by molar-refractivity contribution is 1.44. The van der Waals surface area contributed by atoms with Crippen LogP contribution in [0.1, 0.15) is 0 Å². The molecule has 0 atom stereocenters. The SMILES string of the molecule is C=CCSc1cccc2cccc(SCC=C)c12. The highest BCUT2D eigenvalue weighted by Crippen LogP contribution is 2.35. The Morgan fingerprint density at radius 1 is 0.833 bits per heavy atom. The van der Waals surface area contributed by atoms with Gasteiger partial charge in [0.1, 0.15) is 0 Å². The smallest absolute Gasteiger partial charge is 0.0165 e. The highest BCUT2D eigenvalue weighted by atomic mass is 32.2. The van der Waals surface area contributed by atoms with E-state index in [0.717, 1.165) is 11.5 Å². The van der Waals surface area contributed by atoms with Gasteiger partial charge in [-0.15, -0.1) is 36.7 Å². The summed E-state index contributed by atoms with van der Waals surface area (Å²) in [5, 5.41) is 2.66. The van der Waals surface area contributed by atoms with Gasteiger partial charge in [-0.3, -0.25) is 0 Å². The zero-order valence-corrected chi connectivity index (χ0v) is 11.9. The average molecular weight is 272 g/mol. The second kappa shape index (κ2) is 6.72. The molecule has 0 radical (unpaired) electrons. The van der Waals surface area contributed by atoms with Crippen molar-refractivity contribution in [3.05, 3.63) is 61.7 Å². The van der Waals surface area contributed by atoms with Crippen molar-refractivity contribution < 1.29 is 0 Å². The van der Waals surface area contributed by atoms with E-state index in [-0.39, 0.29) is 0 Å². The van der Waals surface area contributed by atoms with Gasteiger partial charge in [-0.25, -0.2) is 0 Å². The predicted octanol–water partition coefficient (Wildman–Crippen LogP) is 5.40. The number of fused-ring (bicyclic) bond motifs is 1. The van der Waals surface area contributed by atoms with Crippen LogP contribution in [0.3, 0.4) is 0 Å². The molecule has 0 fully saturated rings. The van der Waals surface area contributed by atoms with Crippen LogP contribution >= 0.6 is 23.5 Å². The van der Waals surface area contributed by atoms with Crippen molar-refractivity contribution in [3.63, 3.8) is 0 Å². The van der Waals surface area contributed by atoms with Gasteiger partial charge < -0.3 is 0 Å². The number of benzene rings is 2. The molecule has 2 aromatic rings. The van der Waals surface area contributed by atoms with E-state index in [1.165, 1.54) is 20.6 Å². The standard InChI is InChI=1S/C16H16S2/c1-3-11-17-14-9-5-7-13-8-6-10-15(16(13)14)18-12-4-2/h3-10H,1-2,11-12H2. The lowest BCUT2D eigenvalue weighted by Crippen LogP contribution is -1.83. The lowest BCUT2D eigenvalue weighted by atomic mass is 10.1. The number of thioether (sulfide) groups is 2. The molecule has 2 heteroatoms. The third-order valence-corrected chi connectivity index (χ3v) is 4.65. The Bertz CT molecular complexity index is 511. The Morgan fingerprint density at radius 3 is 1.78 bits per heavy atom. The average Bonchev–Trinajstić information content (AvgIpc) is 2.42. The molecule has 2 aromatic carbocycles. The van der Waals surface area contributed by atoms with Crippen LogP contribution in [0, 0.1) is 0 Å². The highest BCUT2D eigenvalue weighted by Gasteiger charge is 2.06. The molecule has 92 valence electrons. The van der Waals surface area contributed by atoms with Crippen LogP contribution in [-0.4, -0.2) is 11.5 Å². The Morgan fingerprint density at radius 2 is 1.33 bits per heavy atom. The zero-order valence-electron chi connectivity index (χ0n) is 10.3. The molecule has 0 amide bonds. The van der Waals surface area contributed by atoms with Crippen molar-refractivity contribution in [1.29, 1.82) is 0 Å².